The van der Waals surface area contributed by atoms with Crippen LogP contribution in [0.3, 0.4) is 0 Å². The standard InChI is InChI=1S/C22H43NO5S.2Na.2H/c1-2-3-4-5-6-7-8-9-10-11-12-13-14-15-16-17-20-23-21(28-29(26)27)18-19-22(24)25;;;;/h2-20H2,1H3,(H,24,25)(H,26,27);;;;/q;2*+1;2*-1/p-1. The molecule has 31 heavy (non-hydrogen) atoms. The number of carboxylic acids is 1. The van der Waals surface area contributed by atoms with Crippen LogP contribution in [0.4, 0.5) is 0 Å². The van der Waals surface area contributed by atoms with Crippen molar-refractivity contribution in [2.75, 3.05) is 6.54 Å². The fraction of sp³-hybridized carbons (Fsp3) is 0.909. The van der Waals surface area contributed by atoms with Gasteiger partial charge in [0.1, 0.15) is 11.4 Å². The second kappa shape index (κ2) is 29.1. The first-order chi connectivity index (χ1) is 14.1. The van der Waals surface area contributed by atoms with Gasteiger partial charge in [0.15, 0.2) is 0 Å². The van der Waals surface area contributed by atoms with Gasteiger partial charge in [0.25, 0.3) is 0 Å². The molecule has 0 radical (unpaired) electrons. The minimum absolute atomic E-state index is 0. The molecule has 176 valence electrons. The first kappa shape index (κ1) is 36.6. The van der Waals surface area contributed by atoms with Crippen LogP contribution in [-0.2, 0) is 20.3 Å². The molecule has 0 aliphatic carbocycles. The topological polar surface area (TPSA) is 99.0 Å². The summed E-state index contributed by atoms with van der Waals surface area (Å²) < 4.78 is 25.7. The molecule has 1 N–H and O–H groups in total. The molecule has 1 atom stereocenters. The molecular formula is C22H44NNa2O5S-. The third kappa shape index (κ3) is 31.0. The second-order valence-corrected chi connectivity index (χ2v) is 8.33. The maximum absolute atomic E-state index is 10.6. The zero-order valence-electron chi connectivity index (χ0n) is 22.4. The molecule has 0 rings (SSSR count). The van der Waals surface area contributed by atoms with Crippen molar-refractivity contribution in [2.24, 2.45) is 4.99 Å². The smallest absolute Gasteiger partial charge is 1.00 e. The Bertz CT molecular complexity index is 465. The van der Waals surface area contributed by atoms with E-state index in [0.717, 1.165) is 19.3 Å². The Kier molecular flexibility index (Phi) is 34.3. The Balaban J connectivity index is -0.000000653. The van der Waals surface area contributed by atoms with Crippen LogP contribution >= 0.6 is 0 Å². The van der Waals surface area contributed by atoms with E-state index in [4.69, 9.17) is 5.11 Å². The Labute approximate surface area is 240 Å². The van der Waals surface area contributed by atoms with Gasteiger partial charge in [-0.1, -0.05) is 103 Å². The number of aliphatic imine (C=N–C) groups is 1. The maximum Gasteiger partial charge on any atom is 1.00 e. The number of unbranched alkanes of at least 4 members (excludes halogenated alkanes) is 15. The van der Waals surface area contributed by atoms with Gasteiger partial charge in [0, 0.05) is 13.0 Å². The van der Waals surface area contributed by atoms with Crippen LogP contribution in [0.5, 0.6) is 0 Å². The summed E-state index contributed by atoms with van der Waals surface area (Å²) in [4.78, 5) is 14.6. The van der Waals surface area contributed by atoms with Gasteiger partial charge in [-0.2, -0.15) is 0 Å². The number of hydrogen-bond donors (Lipinski definition) is 1. The molecular weight excluding hydrogens is 436 g/mol. The normalized spacial score (nSPS) is 12.0. The van der Waals surface area contributed by atoms with Crippen LogP contribution in [0.25, 0.3) is 0 Å². The van der Waals surface area contributed by atoms with Crippen molar-refractivity contribution in [1.82, 2.24) is 0 Å². The molecule has 9 heteroatoms. The van der Waals surface area contributed by atoms with E-state index in [0.29, 0.717) is 6.54 Å². The van der Waals surface area contributed by atoms with E-state index in [1.807, 2.05) is 0 Å². The van der Waals surface area contributed by atoms with Gasteiger partial charge >= 0.3 is 65.1 Å². The molecule has 0 heterocycles. The fourth-order valence-electron chi connectivity index (χ4n) is 3.30. The van der Waals surface area contributed by atoms with E-state index in [9.17, 15) is 13.6 Å². The zero-order valence-corrected chi connectivity index (χ0v) is 25.2. The molecule has 0 saturated heterocycles. The average Bonchev–Trinajstić information content (AvgIpc) is 2.67. The van der Waals surface area contributed by atoms with E-state index >= 15 is 0 Å². The van der Waals surface area contributed by atoms with E-state index in [2.05, 4.69) is 16.1 Å². The summed E-state index contributed by atoms with van der Waals surface area (Å²) in [5.41, 5.74) is 0. The Morgan fingerprint density at radius 3 is 1.55 bits per heavy atom. The first-order valence-corrected chi connectivity index (χ1v) is 12.6. The number of carbonyl (C=O) groups is 1. The molecule has 0 bridgehead atoms. The van der Waals surface area contributed by atoms with Crippen LogP contribution in [-0.4, -0.2) is 32.3 Å². The minimum Gasteiger partial charge on any atom is -1.00 e. The number of carboxylic acid groups (broad SMARTS) is 1. The predicted octanol–water partition coefficient (Wildman–Crippen LogP) is 0.555. The van der Waals surface area contributed by atoms with Crippen LogP contribution < -0.4 is 59.1 Å². The summed E-state index contributed by atoms with van der Waals surface area (Å²) in [7, 11) is 0. The number of nitrogens with zero attached hydrogens (tertiary/aromatic N) is 1. The SMILES string of the molecule is CCCCCCCCCCCCCCCCCCN=C(CCC(=O)O)OS(=O)[O-].[H-].[H-].[Na+].[Na+]. The number of hydrogen-bond acceptors (Lipinski definition) is 5. The van der Waals surface area contributed by atoms with Crippen molar-refractivity contribution in [3.8, 4) is 0 Å². The van der Waals surface area contributed by atoms with Gasteiger partial charge in [-0.3, -0.25) is 9.79 Å². The van der Waals surface area contributed by atoms with Crippen LogP contribution in [0.2, 0.25) is 0 Å². The molecule has 1 unspecified atom stereocenters. The minimum atomic E-state index is -2.70. The van der Waals surface area contributed by atoms with Gasteiger partial charge in [-0.15, -0.1) is 0 Å². The molecule has 0 aliphatic heterocycles. The summed E-state index contributed by atoms with van der Waals surface area (Å²) >= 11 is -2.70. The van der Waals surface area contributed by atoms with E-state index in [-0.39, 0.29) is 80.7 Å². The van der Waals surface area contributed by atoms with Gasteiger partial charge < -0.3 is 16.7 Å². The monoisotopic (exact) mass is 480 g/mol. The van der Waals surface area contributed by atoms with Crippen molar-refractivity contribution >= 4 is 23.2 Å². The van der Waals surface area contributed by atoms with E-state index in [1.165, 1.54) is 83.5 Å². The van der Waals surface area contributed by atoms with Crippen molar-refractivity contribution < 1.29 is 84.8 Å². The third-order valence-electron chi connectivity index (χ3n) is 5.02. The molecule has 0 spiro atoms. The largest absolute Gasteiger partial charge is 1.00 e. The summed E-state index contributed by atoms with van der Waals surface area (Å²) in [6.45, 7) is 2.74. The maximum atomic E-state index is 10.6. The summed E-state index contributed by atoms with van der Waals surface area (Å²) in [5.74, 6) is -1.01. The molecule has 0 aliphatic rings. The fourth-order valence-corrected chi connectivity index (χ4v) is 3.60. The second-order valence-electron chi connectivity index (χ2n) is 7.76. The quantitative estimate of drug-likeness (QED) is 0.0851. The van der Waals surface area contributed by atoms with Crippen molar-refractivity contribution in [3.05, 3.63) is 0 Å². The molecule has 0 saturated carbocycles. The van der Waals surface area contributed by atoms with Gasteiger partial charge in [-0.25, -0.2) is 4.21 Å². The molecule has 6 nitrogen and oxygen atoms in total. The molecule has 0 aromatic carbocycles. The zero-order chi connectivity index (χ0) is 21.6. The van der Waals surface area contributed by atoms with Crippen LogP contribution in [0.15, 0.2) is 4.99 Å². The molecule has 0 aromatic rings. The van der Waals surface area contributed by atoms with Crippen molar-refractivity contribution in [1.29, 1.82) is 0 Å². The summed E-state index contributed by atoms with van der Waals surface area (Å²) in [6.07, 6.45) is 20.5. The third-order valence-corrected chi connectivity index (χ3v) is 5.35. The summed E-state index contributed by atoms with van der Waals surface area (Å²) in [5, 5.41) is 8.65. The van der Waals surface area contributed by atoms with E-state index in [1.54, 1.807) is 0 Å². The average molecular weight is 481 g/mol. The van der Waals surface area contributed by atoms with Crippen molar-refractivity contribution in [3.63, 3.8) is 0 Å². The molecule has 0 fully saturated rings. The Morgan fingerprint density at radius 2 is 1.19 bits per heavy atom. The van der Waals surface area contributed by atoms with Gasteiger partial charge in [-0.05, 0) is 6.42 Å². The Morgan fingerprint density at radius 1 is 0.806 bits per heavy atom. The Hall–Kier alpha value is 1.05. The number of rotatable bonds is 21. The molecule has 0 aromatic heterocycles. The van der Waals surface area contributed by atoms with Crippen LogP contribution in [0, 0.1) is 0 Å². The van der Waals surface area contributed by atoms with E-state index < -0.39 is 17.3 Å². The first-order valence-electron chi connectivity index (χ1n) is 11.6. The van der Waals surface area contributed by atoms with Crippen LogP contribution in [0.1, 0.15) is 125 Å². The number of aliphatic carboxylic acids is 1. The molecule has 0 amide bonds. The van der Waals surface area contributed by atoms with Crippen molar-refractivity contribution in [2.45, 2.75) is 122 Å². The summed E-state index contributed by atoms with van der Waals surface area (Å²) in [6, 6.07) is 0. The predicted molar refractivity (Wildman–Crippen MR) is 121 cm³/mol. The van der Waals surface area contributed by atoms with Gasteiger partial charge in [0.05, 0.1) is 6.42 Å². The van der Waals surface area contributed by atoms with Gasteiger partial charge in [0.2, 0.25) is 5.90 Å².